The van der Waals surface area contributed by atoms with E-state index in [1.807, 2.05) is 45.0 Å². The fourth-order valence-corrected chi connectivity index (χ4v) is 6.19. The van der Waals surface area contributed by atoms with Crippen molar-refractivity contribution in [1.82, 2.24) is 4.57 Å². The average Bonchev–Trinajstić information content (AvgIpc) is 3.25. The summed E-state index contributed by atoms with van der Waals surface area (Å²) in [4.78, 5) is 44.1. The van der Waals surface area contributed by atoms with Gasteiger partial charge in [0.15, 0.2) is 22.9 Å². The van der Waals surface area contributed by atoms with Crippen molar-refractivity contribution in [2.45, 2.75) is 46.8 Å². The first-order chi connectivity index (χ1) is 20.6. The Bertz CT molecular complexity index is 1740. The number of hydrogen-bond acceptors (Lipinski definition) is 10. The number of ether oxygens (including phenoxy) is 5. The number of thiazole rings is 1. The zero-order valence-electron chi connectivity index (χ0n) is 24.8. The zero-order chi connectivity index (χ0) is 31.3. The SMILES string of the molecule is CCOC(=O)C1=C(C)N=c2s/c(=C/c3cc(Br)c(OCC(=O)OC)c(OCC)c3)c(=O)n2[C@@H]1c1ccccc1OC(C)C. The van der Waals surface area contributed by atoms with Gasteiger partial charge in [0, 0.05) is 5.56 Å². The van der Waals surface area contributed by atoms with Gasteiger partial charge in [0.25, 0.3) is 5.56 Å². The number of fused-ring (bicyclic) bond motifs is 1. The van der Waals surface area contributed by atoms with Crippen molar-refractivity contribution in [1.29, 1.82) is 0 Å². The van der Waals surface area contributed by atoms with Gasteiger partial charge in [-0.15, -0.1) is 0 Å². The number of nitrogens with zero attached hydrogens (tertiary/aromatic N) is 2. The third kappa shape index (κ3) is 7.02. The summed E-state index contributed by atoms with van der Waals surface area (Å²) in [6.07, 6.45) is 1.59. The minimum absolute atomic E-state index is 0.134. The van der Waals surface area contributed by atoms with Crippen LogP contribution in [-0.2, 0) is 19.1 Å². The van der Waals surface area contributed by atoms with Crippen molar-refractivity contribution in [2.24, 2.45) is 4.99 Å². The molecular formula is C31H33BrN2O8S. The van der Waals surface area contributed by atoms with E-state index in [1.54, 1.807) is 32.1 Å². The Morgan fingerprint density at radius 1 is 1.12 bits per heavy atom. The zero-order valence-corrected chi connectivity index (χ0v) is 27.2. The highest BCUT2D eigenvalue weighted by Gasteiger charge is 2.35. The summed E-state index contributed by atoms with van der Waals surface area (Å²) in [5.74, 6) is 0.198. The molecule has 0 saturated carbocycles. The molecule has 0 saturated heterocycles. The molecule has 1 aromatic heterocycles. The second kappa shape index (κ2) is 14.0. The van der Waals surface area contributed by atoms with E-state index >= 15 is 0 Å². The van der Waals surface area contributed by atoms with Gasteiger partial charge in [-0.2, -0.15) is 0 Å². The highest BCUT2D eigenvalue weighted by atomic mass is 79.9. The monoisotopic (exact) mass is 672 g/mol. The quantitative estimate of drug-likeness (QED) is 0.277. The molecule has 0 N–H and O–H groups in total. The summed E-state index contributed by atoms with van der Waals surface area (Å²) < 4.78 is 30.0. The van der Waals surface area contributed by atoms with E-state index in [9.17, 15) is 14.4 Å². The molecule has 10 nitrogen and oxygen atoms in total. The minimum atomic E-state index is -0.813. The van der Waals surface area contributed by atoms with Crippen LogP contribution in [0.2, 0.25) is 0 Å². The Hall–Kier alpha value is -3.90. The summed E-state index contributed by atoms with van der Waals surface area (Å²) in [5.41, 5.74) is 1.70. The van der Waals surface area contributed by atoms with E-state index in [1.165, 1.54) is 23.0 Å². The van der Waals surface area contributed by atoms with Crippen LogP contribution >= 0.6 is 27.3 Å². The first-order valence-electron chi connectivity index (χ1n) is 13.7. The second-order valence-corrected chi connectivity index (χ2v) is 11.5. The molecule has 12 heteroatoms. The minimum Gasteiger partial charge on any atom is -0.491 e. The molecule has 0 spiro atoms. The second-order valence-electron chi connectivity index (χ2n) is 9.63. The molecule has 228 valence electrons. The van der Waals surface area contributed by atoms with Gasteiger partial charge in [0.1, 0.15) is 11.8 Å². The Morgan fingerprint density at radius 2 is 1.86 bits per heavy atom. The van der Waals surface area contributed by atoms with Crippen molar-refractivity contribution in [3.63, 3.8) is 0 Å². The number of carbonyl (C=O) groups excluding carboxylic acids is 2. The van der Waals surface area contributed by atoms with E-state index in [4.69, 9.17) is 18.9 Å². The fraction of sp³-hybridized carbons (Fsp3) is 0.355. The molecule has 2 heterocycles. The van der Waals surface area contributed by atoms with Gasteiger partial charge < -0.3 is 23.7 Å². The number of halogens is 1. The Morgan fingerprint density at radius 3 is 2.53 bits per heavy atom. The van der Waals surface area contributed by atoms with Crippen LogP contribution in [-0.4, -0.2) is 49.5 Å². The van der Waals surface area contributed by atoms with Gasteiger partial charge >= 0.3 is 11.9 Å². The molecule has 4 rings (SSSR count). The summed E-state index contributed by atoms with van der Waals surface area (Å²) in [6, 6.07) is 10.0. The standard InChI is InChI=1S/C31H33BrN2O8S/c1-7-39-23-14-19(13-21(32)28(23)41-16-25(35)38-6)15-24-29(36)34-27(20-11-9-10-12-22(20)42-17(3)4)26(30(37)40-8-2)18(5)33-31(34)43-24/h9-15,17,27H,7-8,16H2,1-6H3/b24-15+/t27-/m1/s1. The van der Waals surface area contributed by atoms with Crippen LogP contribution in [0.1, 0.15) is 51.8 Å². The number of benzene rings is 2. The van der Waals surface area contributed by atoms with E-state index < -0.39 is 18.0 Å². The number of esters is 2. The van der Waals surface area contributed by atoms with Crippen LogP contribution in [0.5, 0.6) is 17.2 Å². The van der Waals surface area contributed by atoms with Gasteiger partial charge in [-0.1, -0.05) is 29.5 Å². The van der Waals surface area contributed by atoms with Crippen LogP contribution in [0.15, 0.2) is 61.9 Å². The Balaban J connectivity index is 1.90. The lowest BCUT2D eigenvalue weighted by atomic mass is 9.95. The highest BCUT2D eigenvalue weighted by molar-refractivity contribution is 9.10. The molecule has 0 aliphatic carbocycles. The lowest BCUT2D eigenvalue weighted by molar-refractivity contribution is -0.143. The Labute approximate surface area is 261 Å². The lowest BCUT2D eigenvalue weighted by Gasteiger charge is -2.26. The normalized spacial score (nSPS) is 14.7. The molecule has 3 aromatic rings. The molecule has 1 aliphatic heterocycles. The highest BCUT2D eigenvalue weighted by Crippen LogP contribution is 2.38. The largest absolute Gasteiger partial charge is 0.491 e. The first kappa shape index (κ1) is 32.0. The van der Waals surface area contributed by atoms with Gasteiger partial charge in [-0.3, -0.25) is 9.36 Å². The average molecular weight is 674 g/mol. The fourth-order valence-electron chi connectivity index (χ4n) is 4.57. The van der Waals surface area contributed by atoms with Crippen molar-refractivity contribution in [3.05, 3.63) is 83.0 Å². The van der Waals surface area contributed by atoms with E-state index in [0.717, 1.165) is 0 Å². The van der Waals surface area contributed by atoms with Gasteiger partial charge in [0.2, 0.25) is 0 Å². The predicted octanol–water partition coefficient (Wildman–Crippen LogP) is 4.30. The van der Waals surface area contributed by atoms with Gasteiger partial charge in [-0.05, 0) is 80.4 Å². The van der Waals surface area contributed by atoms with E-state index in [0.29, 0.717) is 54.5 Å². The third-order valence-electron chi connectivity index (χ3n) is 6.28. The number of methoxy groups -OCH3 is 1. The van der Waals surface area contributed by atoms with Crippen LogP contribution < -0.4 is 29.1 Å². The van der Waals surface area contributed by atoms with Crippen molar-refractivity contribution >= 4 is 45.3 Å². The van der Waals surface area contributed by atoms with Crippen molar-refractivity contribution in [3.8, 4) is 17.2 Å². The molecule has 2 aromatic carbocycles. The Kier molecular flexibility index (Phi) is 10.5. The number of carbonyl (C=O) groups is 2. The van der Waals surface area contributed by atoms with E-state index in [2.05, 4.69) is 25.7 Å². The summed E-state index contributed by atoms with van der Waals surface area (Å²) >= 11 is 4.70. The molecule has 0 bridgehead atoms. The van der Waals surface area contributed by atoms with Crippen LogP contribution in [0.25, 0.3) is 6.08 Å². The topological polar surface area (TPSA) is 115 Å². The van der Waals surface area contributed by atoms with E-state index in [-0.39, 0.29) is 30.5 Å². The van der Waals surface area contributed by atoms with Crippen molar-refractivity contribution < 1.29 is 33.3 Å². The van der Waals surface area contributed by atoms with Gasteiger partial charge in [-0.25, -0.2) is 14.6 Å². The maximum absolute atomic E-state index is 14.1. The summed E-state index contributed by atoms with van der Waals surface area (Å²) in [6.45, 7) is 9.35. The van der Waals surface area contributed by atoms with Crippen molar-refractivity contribution in [2.75, 3.05) is 26.9 Å². The molecule has 1 atom stereocenters. The summed E-state index contributed by atoms with van der Waals surface area (Å²) in [5, 5.41) is 0. The molecule has 0 amide bonds. The van der Waals surface area contributed by atoms with Crippen LogP contribution in [0, 0.1) is 0 Å². The molecule has 0 fully saturated rings. The molecule has 0 radical (unpaired) electrons. The number of para-hydroxylation sites is 1. The van der Waals surface area contributed by atoms with Crippen LogP contribution in [0.4, 0.5) is 0 Å². The summed E-state index contributed by atoms with van der Waals surface area (Å²) in [7, 11) is 1.28. The van der Waals surface area contributed by atoms with Gasteiger partial charge in [0.05, 0.1) is 46.7 Å². The number of allylic oxidation sites excluding steroid dienone is 1. The molecule has 1 aliphatic rings. The maximum atomic E-state index is 14.1. The molecule has 0 unspecified atom stereocenters. The number of aromatic nitrogens is 1. The number of hydrogen-bond donors (Lipinski definition) is 0. The molecule has 43 heavy (non-hydrogen) atoms. The van der Waals surface area contributed by atoms with Crippen LogP contribution in [0.3, 0.4) is 0 Å². The number of rotatable bonds is 11. The predicted molar refractivity (Wildman–Crippen MR) is 165 cm³/mol. The molecular weight excluding hydrogens is 640 g/mol. The maximum Gasteiger partial charge on any atom is 0.343 e. The first-order valence-corrected chi connectivity index (χ1v) is 15.3. The lowest BCUT2D eigenvalue weighted by Crippen LogP contribution is -2.40. The third-order valence-corrected chi connectivity index (χ3v) is 7.86. The smallest absolute Gasteiger partial charge is 0.343 e.